The second-order valence-corrected chi connectivity index (χ2v) is 0. The van der Waals surface area contributed by atoms with Gasteiger partial charge in [0.2, 0.25) is 0 Å². The standard InChI is InChI=1S/Ag.2In.4O/q;2*+3;;3*-2. The molecule has 0 N–H and O–H groups in total. The number of hydrogen-bond donors (Lipinski definition) is 0. The van der Waals surface area contributed by atoms with Crippen LogP contribution in [0.15, 0.2) is 0 Å². The molecule has 0 bridgehead atoms. The Kier molecular flexibility index (Phi) is 782. The molecule has 7 heavy (non-hydrogen) atoms. The molecule has 0 aliphatic carbocycles. The molecular formula is AgIn2O4. The Morgan fingerprint density at radius 2 is 0.714 bits per heavy atom. The molecule has 0 aromatic carbocycles. The van der Waals surface area contributed by atoms with Crippen molar-refractivity contribution in [3.63, 3.8) is 0 Å². The van der Waals surface area contributed by atoms with Crippen LogP contribution < -0.4 is 0 Å². The van der Waals surface area contributed by atoms with Gasteiger partial charge in [0.15, 0.2) is 0 Å². The summed E-state index contributed by atoms with van der Waals surface area (Å²) in [4.78, 5) is 0. The Hall–Kier alpha value is 2.16. The van der Waals surface area contributed by atoms with Crippen LogP contribution in [0.25, 0.3) is 0 Å². The van der Waals surface area contributed by atoms with Crippen LogP contribution in [0.3, 0.4) is 0 Å². The zero-order valence-corrected chi connectivity index (χ0v) is 11.2. The number of rotatable bonds is 0. The molecule has 41 valence electrons. The molecule has 0 aliphatic heterocycles. The minimum absolute atomic E-state index is 0. The van der Waals surface area contributed by atoms with Crippen molar-refractivity contribution in [3.8, 4) is 0 Å². The van der Waals surface area contributed by atoms with Crippen LogP contribution in [0.1, 0.15) is 0 Å². The fraction of sp³-hybridized carbons (Fsp3) is 0. The summed E-state index contributed by atoms with van der Waals surface area (Å²) in [6.45, 7) is 0. The summed E-state index contributed by atoms with van der Waals surface area (Å²) >= 11 is 1.70. The second kappa shape index (κ2) is 89.6. The van der Waals surface area contributed by atoms with Crippen LogP contribution in [-0.4, -0.2) is 51.7 Å². The van der Waals surface area contributed by atoms with Gasteiger partial charge in [-0.05, 0) is 0 Å². The number of hydrogen-bond acceptors (Lipinski definition) is 1. The van der Waals surface area contributed by atoms with Gasteiger partial charge in [0.25, 0.3) is 0 Å². The van der Waals surface area contributed by atoms with Gasteiger partial charge in [-0.2, -0.15) is 0 Å². The van der Waals surface area contributed by atoms with Gasteiger partial charge in [0.1, 0.15) is 0 Å². The van der Waals surface area contributed by atoms with Crippen molar-refractivity contribution in [3.05, 3.63) is 0 Å². The van der Waals surface area contributed by atoms with E-state index in [1.54, 1.807) is 21.0 Å². The monoisotopic (exact) mass is 401 g/mol. The van der Waals surface area contributed by atoms with E-state index in [1.807, 2.05) is 0 Å². The topological polar surface area (TPSA) is 103 Å². The van der Waals surface area contributed by atoms with Gasteiger partial charge in [0.05, 0.1) is 0 Å². The maximum absolute atomic E-state index is 8.06. The molecule has 7 heteroatoms. The van der Waals surface area contributed by atoms with Gasteiger partial charge in [-0.1, -0.05) is 0 Å². The van der Waals surface area contributed by atoms with Gasteiger partial charge in [-0.3, -0.25) is 0 Å². The summed E-state index contributed by atoms with van der Waals surface area (Å²) in [7, 11) is 0. The van der Waals surface area contributed by atoms with Crippen LogP contribution in [0.5, 0.6) is 0 Å². The summed E-state index contributed by atoms with van der Waals surface area (Å²) in [6, 6.07) is 0. The van der Waals surface area contributed by atoms with E-state index in [1.165, 1.54) is 0 Å². The molecule has 4 nitrogen and oxygen atoms in total. The van der Waals surface area contributed by atoms with E-state index in [9.17, 15) is 0 Å². The Balaban J connectivity index is -0.000000000500. The van der Waals surface area contributed by atoms with Crippen LogP contribution in [-0.2, 0) is 40.7 Å². The summed E-state index contributed by atoms with van der Waals surface area (Å²) in [5.41, 5.74) is 0. The zero-order chi connectivity index (χ0) is 2.00. The van der Waals surface area contributed by atoms with Crippen molar-refractivity contribution in [1.82, 2.24) is 0 Å². The van der Waals surface area contributed by atoms with Gasteiger partial charge in [0, 0.05) is 0 Å². The van der Waals surface area contributed by atoms with Crippen LogP contribution in [0.2, 0.25) is 0 Å². The van der Waals surface area contributed by atoms with E-state index in [0.717, 1.165) is 0 Å². The molecule has 0 fully saturated rings. The SMILES string of the molecule is [In+3].[In+3].[O-2].[O-2].[O-2].[O]=[Ag]. The predicted octanol–water partition coefficient (Wildman–Crippen LogP) is -1.24. The first-order chi connectivity index (χ1) is 1.00. The Morgan fingerprint density at radius 3 is 0.714 bits per heavy atom. The maximum atomic E-state index is 8.06. The first-order valence-electron chi connectivity index (χ1n) is 0.123. The van der Waals surface area contributed by atoms with E-state index in [-0.39, 0.29) is 68.1 Å². The van der Waals surface area contributed by atoms with Crippen LogP contribution >= 0.6 is 0 Å². The molecule has 0 aromatic heterocycles. The molecule has 0 saturated carbocycles. The quantitative estimate of drug-likeness (QED) is 0.466. The summed E-state index contributed by atoms with van der Waals surface area (Å²) in [5, 5.41) is 0. The van der Waals surface area contributed by atoms with Gasteiger partial charge in [-0.15, -0.1) is 0 Å². The molecular weight excluding hydrogens is 402 g/mol. The van der Waals surface area contributed by atoms with Crippen molar-refractivity contribution in [2.45, 2.75) is 0 Å². The third-order valence-corrected chi connectivity index (χ3v) is 0. The molecule has 0 rings (SSSR count). The normalized spacial score (nSPS) is 0.857. The average Bonchev–Trinajstić information content (AvgIpc) is 1.00. The summed E-state index contributed by atoms with van der Waals surface area (Å²) in [5.74, 6) is 0. The zero-order valence-electron chi connectivity index (χ0n) is 3.09. The molecule has 0 spiro atoms. The van der Waals surface area contributed by atoms with Gasteiger partial charge < -0.3 is 16.4 Å². The molecule has 0 unspecified atom stereocenters. The molecule has 0 aliphatic rings. The molecule has 0 radical (unpaired) electrons. The molecule has 0 saturated heterocycles. The Labute approximate surface area is 91.2 Å². The van der Waals surface area contributed by atoms with Crippen molar-refractivity contribution in [2.75, 3.05) is 0 Å². The fourth-order valence-corrected chi connectivity index (χ4v) is 0. The van der Waals surface area contributed by atoms with Crippen molar-refractivity contribution >= 4 is 51.7 Å². The van der Waals surface area contributed by atoms with E-state index >= 15 is 0 Å². The van der Waals surface area contributed by atoms with E-state index in [4.69, 9.17) is 3.25 Å². The van der Waals surface area contributed by atoms with Crippen LogP contribution in [0, 0.1) is 0 Å². The second-order valence-electron chi connectivity index (χ2n) is 0. The van der Waals surface area contributed by atoms with Gasteiger partial charge >= 0.3 is 76.0 Å². The molecule has 0 amide bonds. The summed E-state index contributed by atoms with van der Waals surface area (Å²) < 4.78 is 8.06. The third kappa shape index (κ3) is 66.3. The first kappa shape index (κ1) is 61.1. The van der Waals surface area contributed by atoms with Crippen molar-refractivity contribution in [2.24, 2.45) is 0 Å². The van der Waals surface area contributed by atoms with E-state index in [2.05, 4.69) is 0 Å². The molecule has 0 atom stereocenters. The van der Waals surface area contributed by atoms with E-state index < -0.39 is 0 Å². The Bertz CT molecular complexity index is 9.65. The van der Waals surface area contributed by atoms with Crippen molar-refractivity contribution < 1.29 is 40.7 Å². The van der Waals surface area contributed by atoms with Gasteiger partial charge in [-0.25, -0.2) is 0 Å². The van der Waals surface area contributed by atoms with E-state index in [0.29, 0.717) is 0 Å². The third-order valence-electron chi connectivity index (χ3n) is 0. The fourth-order valence-electron chi connectivity index (χ4n) is 0. The Morgan fingerprint density at radius 1 is 0.714 bits per heavy atom. The molecule has 0 heterocycles. The molecule has 0 aromatic rings. The summed E-state index contributed by atoms with van der Waals surface area (Å²) in [6.07, 6.45) is 0. The average molecular weight is 402 g/mol. The predicted molar refractivity (Wildman–Crippen MR) is 14.3 cm³/mol. The van der Waals surface area contributed by atoms with Crippen LogP contribution in [0.4, 0.5) is 0 Å². The van der Waals surface area contributed by atoms with Crippen molar-refractivity contribution in [1.29, 1.82) is 0 Å². The first-order valence-corrected chi connectivity index (χ1v) is 0.728. The minimum atomic E-state index is 0.